The molecular weight excluding hydrogens is 322 g/mol. The van der Waals surface area contributed by atoms with Crippen LogP contribution in [0.5, 0.6) is 0 Å². The molecule has 2 rings (SSSR count). The maximum atomic E-state index is 12.0. The number of rotatable bonds is 3. The minimum Gasteiger partial charge on any atom is -0.419 e. The van der Waals surface area contributed by atoms with Gasteiger partial charge in [-0.05, 0) is 23.8 Å². The van der Waals surface area contributed by atoms with Crippen molar-refractivity contribution in [3.05, 3.63) is 35.4 Å². The third kappa shape index (κ3) is 3.59. The van der Waals surface area contributed by atoms with Crippen molar-refractivity contribution in [2.24, 2.45) is 0 Å². The summed E-state index contributed by atoms with van der Waals surface area (Å²) >= 11 is 0. The molecule has 0 aliphatic carbocycles. The second-order valence-corrected chi connectivity index (χ2v) is 7.75. The topological polar surface area (TPSA) is 90.0 Å². The molecule has 0 radical (unpaired) electrons. The smallest absolute Gasteiger partial charge is 0.348 e. The molecule has 1 aromatic rings. The number of hydrogen-bond acceptors (Lipinski definition) is 6. The fourth-order valence-electron chi connectivity index (χ4n) is 1.89. The standard InChI is InChI=1S/C15H17NO6S/c1-15(2)21-13(17)12(14(18)22-15)9-10-5-7-11(8-6-10)23(19,20)16(3)4/h5-9H,1-4H3. The molecule has 0 unspecified atom stereocenters. The van der Waals surface area contributed by atoms with Gasteiger partial charge in [-0.25, -0.2) is 22.3 Å². The van der Waals surface area contributed by atoms with E-state index in [1.165, 1.54) is 58.3 Å². The van der Waals surface area contributed by atoms with Crippen LogP contribution in [0, 0.1) is 0 Å². The molecule has 23 heavy (non-hydrogen) atoms. The molecule has 0 N–H and O–H groups in total. The number of esters is 2. The molecule has 0 bridgehead atoms. The number of benzene rings is 1. The van der Waals surface area contributed by atoms with E-state index in [0.717, 1.165) is 4.31 Å². The second-order valence-electron chi connectivity index (χ2n) is 5.59. The van der Waals surface area contributed by atoms with E-state index < -0.39 is 27.7 Å². The molecule has 1 aromatic carbocycles. The highest BCUT2D eigenvalue weighted by Crippen LogP contribution is 2.24. The normalized spacial score (nSPS) is 17.7. The van der Waals surface area contributed by atoms with Crippen molar-refractivity contribution < 1.29 is 27.5 Å². The third-order valence-corrected chi connectivity index (χ3v) is 4.92. The lowest BCUT2D eigenvalue weighted by molar-refractivity contribution is -0.222. The van der Waals surface area contributed by atoms with E-state index in [2.05, 4.69) is 0 Å². The quantitative estimate of drug-likeness (QED) is 0.466. The van der Waals surface area contributed by atoms with Gasteiger partial charge < -0.3 is 9.47 Å². The van der Waals surface area contributed by atoms with Gasteiger partial charge in [0.05, 0.1) is 4.90 Å². The molecule has 1 aliphatic heterocycles. The number of ether oxygens (including phenoxy) is 2. The highest BCUT2D eigenvalue weighted by molar-refractivity contribution is 7.89. The molecule has 1 heterocycles. The van der Waals surface area contributed by atoms with Crippen LogP contribution in [0.15, 0.2) is 34.7 Å². The van der Waals surface area contributed by atoms with Crippen LogP contribution in [0.3, 0.4) is 0 Å². The van der Waals surface area contributed by atoms with Gasteiger partial charge in [-0.1, -0.05) is 12.1 Å². The van der Waals surface area contributed by atoms with Crippen LogP contribution in [-0.2, 0) is 29.1 Å². The Balaban J connectivity index is 2.31. The van der Waals surface area contributed by atoms with E-state index >= 15 is 0 Å². The summed E-state index contributed by atoms with van der Waals surface area (Å²) in [4.78, 5) is 23.8. The van der Waals surface area contributed by atoms with Gasteiger partial charge in [0, 0.05) is 27.9 Å². The first-order valence-corrected chi connectivity index (χ1v) is 8.18. The molecule has 0 aromatic heterocycles. The molecule has 8 heteroatoms. The Bertz CT molecular complexity index is 753. The van der Waals surface area contributed by atoms with Gasteiger partial charge in [0.25, 0.3) is 5.79 Å². The number of carbonyl (C=O) groups is 2. The van der Waals surface area contributed by atoms with Crippen molar-refractivity contribution in [2.45, 2.75) is 24.5 Å². The first-order chi connectivity index (χ1) is 10.5. The number of cyclic esters (lactones) is 2. The molecule has 1 saturated heterocycles. The van der Waals surface area contributed by atoms with Gasteiger partial charge in [-0.2, -0.15) is 0 Å². The number of hydrogen-bond donors (Lipinski definition) is 0. The Morgan fingerprint density at radius 2 is 1.48 bits per heavy atom. The van der Waals surface area contributed by atoms with Gasteiger partial charge in [0.1, 0.15) is 5.57 Å². The molecule has 0 spiro atoms. The largest absolute Gasteiger partial charge is 0.419 e. The fraction of sp³-hybridized carbons (Fsp3) is 0.333. The number of nitrogens with zero attached hydrogens (tertiary/aromatic N) is 1. The minimum atomic E-state index is -3.53. The van der Waals surface area contributed by atoms with Gasteiger partial charge in [0.2, 0.25) is 10.0 Å². The first-order valence-electron chi connectivity index (χ1n) is 6.74. The Morgan fingerprint density at radius 1 is 1.00 bits per heavy atom. The molecule has 0 saturated carbocycles. The summed E-state index contributed by atoms with van der Waals surface area (Å²) in [5, 5.41) is 0. The number of carbonyl (C=O) groups excluding carboxylic acids is 2. The van der Waals surface area contributed by atoms with Crippen LogP contribution in [-0.4, -0.2) is 44.5 Å². The molecule has 1 fully saturated rings. The monoisotopic (exact) mass is 339 g/mol. The molecular formula is C15H17NO6S. The average molecular weight is 339 g/mol. The summed E-state index contributed by atoms with van der Waals surface area (Å²) in [5.41, 5.74) is 0.235. The second kappa shape index (κ2) is 5.78. The van der Waals surface area contributed by atoms with Crippen LogP contribution < -0.4 is 0 Å². The highest BCUT2D eigenvalue weighted by atomic mass is 32.2. The predicted molar refractivity (Wildman–Crippen MR) is 81.6 cm³/mol. The summed E-state index contributed by atoms with van der Waals surface area (Å²) in [6.45, 7) is 2.92. The van der Waals surface area contributed by atoms with Crippen molar-refractivity contribution in [3.8, 4) is 0 Å². The van der Waals surface area contributed by atoms with Crippen molar-refractivity contribution >= 4 is 28.0 Å². The molecule has 0 atom stereocenters. The first kappa shape index (κ1) is 17.2. The maximum absolute atomic E-state index is 12.0. The van der Waals surface area contributed by atoms with Gasteiger partial charge >= 0.3 is 11.9 Å². The Labute approximate surface area is 134 Å². The van der Waals surface area contributed by atoms with Crippen LogP contribution in [0.2, 0.25) is 0 Å². The van der Waals surface area contributed by atoms with E-state index in [1.54, 1.807) is 0 Å². The third-order valence-electron chi connectivity index (χ3n) is 3.09. The number of sulfonamides is 1. The van der Waals surface area contributed by atoms with Gasteiger partial charge in [0.15, 0.2) is 0 Å². The zero-order valence-corrected chi connectivity index (χ0v) is 14.0. The lowest BCUT2D eigenvalue weighted by atomic mass is 10.1. The van der Waals surface area contributed by atoms with E-state index in [9.17, 15) is 18.0 Å². The summed E-state index contributed by atoms with van der Waals surface area (Å²) in [5.74, 6) is -2.86. The Hall–Kier alpha value is -2.19. The fourth-order valence-corrected chi connectivity index (χ4v) is 2.79. The highest BCUT2D eigenvalue weighted by Gasteiger charge is 2.38. The Kier molecular flexibility index (Phi) is 4.32. The van der Waals surface area contributed by atoms with E-state index in [1.807, 2.05) is 0 Å². The van der Waals surface area contributed by atoms with E-state index in [-0.39, 0.29) is 10.5 Å². The van der Waals surface area contributed by atoms with Crippen molar-refractivity contribution in [1.82, 2.24) is 4.31 Å². The van der Waals surface area contributed by atoms with Crippen LogP contribution in [0.25, 0.3) is 6.08 Å². The summed E-state index contributed by atoms with van der Waals surface area (Å²) in [7, 11) is -0.671. The van der Waals surface area contributed by atoms with Gasteiger partial charge in [-0.15, -0.1) is 0 Å². The lowest BCUT2D eigenvalue weighted by Crippen LogP contribution is -2.41. The lowest BCUT2D eigenvalue weighted by Gasteiger charge is -2.29. The van der Waals surface area contributed by atoms with Crippen molar-refractivity contribution in [1.29, 1.82) is 0 Å². The van der Waals surface area contributed by atoms with Crippen LogP contribution in [0.1, 0.15) is 19.4 Å². The zero-order chi connectivity index (χ0) is 17.4. The maximum Gasteiger partial charge on any atom is 0.348 e. The Morgan fingerprint density at radius 3 is 1.91 bits per heavy atom. The van der Waals surface area contributed by atoms with Gasteiger partial charge in [-0.3, -0.25) is 0 Å². The molecule has 7 nitrogen and oxygen atoms in total. The SMILES string of the molecule is CN(C)S(=O)(=O)c1ccc(C=C2C(=O)OC(C)(C)OC2=O)cc1. The predicted octanol–water partition coefficient (Wildman–Crippen LogP) is 1.16. The van der Waals surface area contributed by atoms with Crippen molar-refractivity contribution in [2.75, 3.05) is 14.1 Å². The van der Waals surface area contributed by atoms with E-state index in [0.29, 0.717) is 5.56 Å². The summed E-state index contributed by atoms with van der Waals surface area (Å²) in [6.07, 6.45) is 1.30. The molecule has 1 aliphatic rings. The molecule has 0 amide bonds. The van der Waals surface area contributed by atoms with Crippen molar-refractivity contribution in [3.63, 3.8) is 0 Å². The summed E-state index contributed by atoms with van der Waals surface area (Å²) < 4.78 is 35.0. The van der Waals surface area contributed by atoms with Crippen LogP contribution in [0.4, 0.5) is 0 Å². The average Bonchev–Trinajstić information content (AvgIpc) is 2.42. The molecule has 124 valence electrons. The summed E-state index contributed by atoms with van der Waals surface area (Å²) in [6, 6.07) is 5.77. The van der Waals surface area contributed by atoms with Crippen LogP contribution >= 0.6 is 0 Å². The van der Waals surface area contributed by atoms with E-state index in [4.69, 9.17) is 9.47 Å². The minimum absolute atomic E-state index is 0.111. The zero-order valence-electron chi connectivity index (χ0n) is 13.2.